The van der Waals surface area contributed by atoms with Gasteiger partial charge in [-0.2, -0.15) is 4.98 Å². The molecule has 0 unspecified atom stereocenters. The topological polar surface area (TPSA) is 99.2 Å². The molecule has 2 aliphatic rings. The van der Waals surface area contributed by atoms with Crippen molar-refractivity contribution in [1.82, 2.24) is 14.9 Å². The first-order chi connectivity index (χ1) is 19.5. The fraction of sp³-hybridized carbons (Fsp3) is 0.226. The Morgan fingerprint density at radius 3 is 2.70 bits per heavy atom. The minimum Gasteiger partial charge on any atom is -0.342 e. The quantitative estimate of drug-likeness (QED) is 0.298. The Morgan fingerprint density at radius 1 is 0.975 bits per heavy atom. The van der Waals surface area contributed by atoms with Crippen LogP contribution in [0.5, 0.6) is 0 Å². The van der Waals surface area contributed by atoms with Crippen LogP contribution in [0.3, 0.4) is 0 Å². The Labute approximate surface area is 237 Å². The molecule has 3 N–H and O–H groups in total. The van der Waals surface area contributed by atoms with Crippen LogP contribution in [0.1, 0.15) is 23.1 Å². The fourth-order valence-electron chi connectivity index (χ4n) is 5.18. The second-order valence-corrected chi connectivity index (χ2v) is 10.6. The zero-order chi connectivity index (χ0) is 27.5. The number of fused-ring (bicyclic) bond motifs is 6. The Bertz CT molecular complexity index is 1560. The molecule has 0 spiro atoms. The number of benzene rings is 3. The average Bonchev–Trinajstić information content (AvgIpc) is 3.46. The van der Waals surface area contributed by atoms with Gasteiger partial charge in [-0.25, -0.2) is 4.98 Å². The highest BCUT2D eigenvalue weighted by atomic mass is 35.5. The van der Waals surface area contributed by atoms with Crippen LogP contribution in [0.25, 0.3) is 0 Å². The Hall–Kier alpha value is -4.43. The summed E-state index contributed by atoms with van der Waals surface area (Å²) in [5.41, 5.74) is 5.59. The lowest BCUT2D eigenvalue weighted by atomic mass is 10.0. The molecule has 1 saturated heterocycles. The van der Waals surface area contributed by atoms with Crippen LogP contribution in [0.15, 0.2) is 79.0 Å². The summed E-state index contributed by atoms with van der Waals surface area (Å²) in [6.07, 6.45) is 4.07. The van der Waals surface area contributed by atoms with Crippen molar-refractivity contribution in [1.29, 1.82) is 0 Å². The Morgan fingerprint density at radius 2 is 1.82 bits per heavy atom. The molecule has 9 heteroatoms. The average molecular weight is 553 g/mol. The molecule has 1 atom stereocenters. The molecule has 0 aliphatic carbocycles. The number of carbonyl (C=O) groups excluding carboxylic acids is 2. The number of halogens is 1. The van der Waals surface area contributed by atoms with Gasteiger partial charge >= 0.3 is 0 Å². The van der Waals surface area contributed by atoms with Crippen molar-refractivity contribution in [3.05, 3.63) is 101 Å². The third-order valence-electron chi connectivity index (χ3n) is 7.35. The van der Waals surface area contributed by atoms with Crippen molar-refractivity contribution in [2.24, 2.45) is 5.92 Å². The van der Waals surface area contributed by atoms with Crippen molar-refractivity contribution in [3.8, 4) is 0 Å². The number of rotatable bonds is 4. The van der Waals surface area contributed by atoms with Crippen LogP contribution < -0.4 is 16.0 Å². The van der Waals surface area contributed by atoms with E-state index in [4.69, 9.17) is 11.6 Å². The zero-order valence-corrected chi connectivity index (χ0v) is 22.6. The number of aromatic nitrogens is 2. The molecule has 2 aliphatic heterocycles. The van der Waals surface area contributed by atoms with Gasteiger partial charge in [0.2, 0.25) is 17.8 Å². The van der Waals surface area contributed by atoms with Gasteiger partial charge in [-0.05, 0) is 66.3 Å². The molecule has 8 nitrogen and oxygen atoms in total. The highest BCUT2D eigenvalue weighted by Gasteiger charge is 2.31. The molecular weight excluding hydrogens is 524 g/mol. The summed E-state index contributed by atoms with van der Waals surface area (Å²) in [6.45, 7) is 1.02. The number of hydrogen-bond acceptors (Lipinski definition) is 6. The van der Waals surface area contributed by atoms with Crippen molar-refractivity contribution >= 4 is 52.2 Å². The second kappa shape index (κ2) is 11.4. The number of likely N-dealkylation sites (tertiary alicyclic amines) is 1. The van der Waals surface area contributed by atoms with Crippen LogP contribution in [0.4, 0.5) is 28.8 Å². The maximum Gasteiger partial charge on any atom is 0.229 e. The predicted molar refractivity (Wildman–Crippen MR) is 157 cm³/mol. The van der Waals surface area contributed by atoms with E-state index in [-0.39, 0.29) is 17.7 Å². The summed E-state index contributed by atoms with van der Waals surface area (Å²) in [4.78, 5) is 36.8. The van der Waals surface area contributed by atoms with Crippen molar-refractivity contribution < 1.29 is 9.59 Å². The largest absolute Gasteiger partial charge is 0.342 e. The second-order valence-electron chi connectivity index (χ2n) is 10.2. The Kier molecular flexibility index (Phi) is 7.33. The van der Waals surface area contributed by atoms with Crippen LogP contribution in [0.2, 0.25) is 5.02 Å². The summed E-state index contributed by atoms with van der Waals surface area (Å²) < 4.78 is 0. The van der Waals surface area contributed by atoms with Gasteiger partial charge in [-0.15, -0.1) is 0 Å². The van der Waals surface area contributed by atoms with E-state index >= 15 is 0 Å². The van der Waals surface area contributed by atoms with Crippen LogP contribution in [-0.4, -0.2) is 39.8 Å². The van der Waals surface area contributed by atoms with Gasteiger partial charge in [0, 0.05) is 30.2 Å². The molecular formula is C31H29ClN6O2. The molecule has 6 rings (SSSR count). The summed E-state index contributed by atoms with van der Waals surface area (Å²) in [6, 6.07) is 23.7. The lowest BCUT2D eigenvalue weighted by Gasteiger charge is -2.18. The molecule has 202 valence electrons. The standard InChI is InChI=1S/C31H29ClN6O2/c32-26-18-33-31-35-24-8-4-7-21(15-24)9-10-22-17-25(34-29(26)37-31)11-12-27(22)36-30(40)23-13-14-38(19-23)28(39)16-20-5-2-1-3-6-20/h1-8,11-12,15,17-18,23H,9-10,13-14,16,19H2,(H,36,40)(H2,33,34,35,37)/t23-/m1/s1. The highest BCUT2D eigenvalue weighted by Crippen LogP contribution is 2.30. The van der Waals surface area contributed by atoms with Gasteiger partial charge < -0.3 is 20.9 Å². The third-order valence-corrected chi connectivity index (χ3v) is 7.62. The van der Waals surface area contributed by atoms with Crippen molar-refractivity contribution in [2.75, 3.05) is 29.0 Å². The fourth-order valence-corrected chi connectivity index (χ4v) is 5.32. The smallest absolute Gasteiger partial charge is 0.229 e. The van der Waals surface area contributed by atoms with Gasteiger partial charge in [-0.1, -0.05) is 54.1 Å². The summed E-state index contributed by atoms with van der Waals surface area (Å²) in [5, 5.41) is 10.1. The number of carbonyl (C=O) groups is 2. The number of hydrogen-bond donors (Lipinski definition) is 3. The molecule has 2 amide bonds. The first kappa shape index (κ1) is 25.8. The van der Waals surface area contributed by atoms with Crippen molar-refractivity contribution in [3.63, 3.8) is 0 Å². The van der Waals surface area contributed by atoms with E-state index in [1.807, 2.05) is 60.7 Å². The normalized spacial score (nSPS) is 16.0. The van der Waals surface area contributed by atoms with E-state index < -0.39 is 0 Å². The number of aryl methyl sites for hydroxylation is 2. The Balaban J connectivity index is 1.20. The molecule has 0 radical (unpaired) electrons. The van der Waals surface area contributed by atoms with E-state index in [0.717, 1.165) is 46.6 Å². The molecule has 4 aromatic rings. The number of amides is 2. The van der Waals surface area contributed by atoms with Crippen LogP contribution in [0, 0.1) is 5.92 Å². The molecule has 3 aromatic carbocycles. The maximum atomic E-state index is 13.3. The minimum atomic E-state index is -0.250. The van der Waals surface area contributed by atoms with Gasteiger partial charge in [0.05, 0.1) is 18.5 Å². The lowest BCUT2D eigenvalue weighted by molar-refractivity contribution is -0.129. The van der Waals surface area contributed by atoms with E-state index in [1.54, 1.807) is 11.1 Å². The van der Waals surface area contributed by atoms with Gasteiger partial charge in [-0.3, -0.25) is 9.59 Å². The summed E-state index contributed by atoms with van der Waals surface area (Å²) in [7, 11) is 0. The molecule has 40 heavy (non-hydrogen) atoms. The molecule has 1 aromatic heterocycles. The lowest BCUT2D eigenvalue weighted by Crippen LogP contribution is -2.32. The number of nitrogens with one attached hydrogen (secondary N) is 3. The third kappa shape index (κ3) is 5.92. The molecule has 0 saturated carbocycles. The molecule has 3 heterocycles. The van der Waals surface area contributed by atoms with Crippen LogP contribution in [-0.2, 0) is 28.9 Å². The zero-order valence-electron chi connectivity index (χ0n) is 21.9. The minimum absolute atomic E-state index is 0.0539. The summed E-state index contributed by atoms with van der Waals surface area (Å²) in [5.74, 6) is 0.673. The van der Waals surface area contributed by atoms with E-state index in [0.29, 0.717) is 42.7 Å². The van der Waals surface area contributed by atoms with E-state index in [1.165, 1.54) is 0 Å². The number of anilines is 5. The SMILES string of the molecule is O=C(Nc1ccc2cc1CCc1cccc(c1)Nc1ncc(Cl)c(n1)N2)[C@@H]1CCN(C(=O)Cc2ccccc2)C1. The van der Waals surface area contributed by atoms with Gasteiger partial charge in [0.15, 0.2) is 5.82 Å². The van der Waals surface area contributed by atoms with Crippen molar-refractivity contribution in [2.45, 2.75) is 25.7 Å². The van der Waals surface area contributed by atoms with Crippen LogP contribution >= 0.6 is 11.6 Å². The molecule has 1 fully saturated rings. The van der Waals surface area contributed by atoms with E-state index in [9.17, 15) is 9.59 Å². The monoisotopic (exact) mass is 552 g/mol. The predicted octanol–water partition coefficient (Wildman–Crippen LogP) is 5.75. The van der Waals surface area contributed by atoms with Gasteiger partial charge in [0.25, 0.3) is 0 Å². The maximum absolute atomic E-state index is 13.3. The number of nitrogens with zero attached hydrogens (tertiary/aromatic N) is 3. The van der Waals surface area contributed by atoms with E-state index in [2.05, 4.69) is 38.1 Å². The summed E-state index contributed by atoms with van der Waals surface area (Å²) >= 11 is 6.38. The highest BCUT2D eigenvalue weighted by molar-refractivity contribution is 6.32. The molecule has 6 bridgehead atoms. The first-order valence-corrected chi connectivity index (χ1v) is 13.8. The first-order valence-electron chi connectivity index (χ1n) is 13.4. The van der Waals surface area contributed by atoms with Gasteiger partial charge in [0.1, 0.15) is 5.02 Å².